The van der Waals surface area contributed by atoms with Gasteiger partial charge in [0.15, 0.2) is 0 Å². The minimum Gasteiger partial charge on any atom is -0.493 e. The summed E-state index contributed by atoms with van der Waals surface area (Å²) in [6.07, 6.45) is 6.17. The first kappa shape index (κ1) is 17.2. The van der Waals surface area contributed by atoms with Crippen LogP contribution in [-0.2, 0) is 9.59 Å². The molecule has 0 aromatic heterocycles. The number of hydrogen-bond donors (Lipinski definition) is 1. The van der Waals surface area contributed by atoms with E-state index in [0.29, 0.717) is 17.9 Å². The van der Waals surface area contributed by atoms with Gasteiger partial charge in [-0.25, -0.2) is 4.79 Å². The number of para-hydroxylation sites is 1. The molecule has 0 atom stereocenters. The molecule has 3 rings (SSSR count). The average Bonchev–Trinajstić information content (AvgIpc) is 2.61. The molecular formula is C19H22N2O4. The number of hydrogen-bond acceptors (Lipinski definition) is 4. The van der Waals surface area contributed by atoms with Crippen LogP contribution >= 0.6 is 0 Å². The van der Waals surface area contributed by atoms with E-state index in [2.05, 4.69) is 5.32 Å². The highest BCUT2D eigenvalue weighted by Crippen LogP contribution is 2.27. The summed E-state index contributed by atoms with van der Waals surface area (Å²) in [5.74, 6) is -0.584. The minimum absolute atomic E-state index is 0.0303. The Morgan fingerprint density at radius 1 is 1.16 bits per heavy atom. The molecule has 0 bridgehead atoms. The lowest BCUT2D eigenvalue weighted by molar-refractivity contribution is -0.132. The number of amides is 4. The monoisotopic (exact) mass is 342 g/mol. The lowest BCUT2D eigenvalue weighted by atomic mass is 9.93. The quantitative estimate of drug-likeness (QED) is 0.674. The fourth-order valence-corrected chi connectivity index (χ4v) is 3.38. The van der Waals surface area contributed by atoms with E-state index < -0.39 is 17.8 Å². The number of rotatable bonds is 4. The average molecular weight is 342 g/mol. The molecule has 1 saturated carbocycles. The summed E-state index contributed by atoms with van der Waals surface area (Å²) in [6, 6.07) is 6.44. The van der Waals surface area contributed by atoms with Gasteiger partial charge in [-0.1, -0.05) is 37.5 Å². The van der Waals surface area contributed by atoms with Crippen molar-refractivity contribution in [1.82, 2.24) is 10.2 Å². The molecule has 1 N–H and O–H groups in total. The molecule has 132 valence electrons. The molecular weight excluding hydrogens is 320 g/mol. The van der Waals surface area contributed by atoms with Gasteiger partial charge in [0, 0.05) is 11.6 Å². The third kappa shape index (κ3) is 3.57. The molecule has 1 heterocycles. The van der Waals surface area contributed by atoms with Crippen molar-refractivity contribution in [3.05, 3.63) is 35.4 Å². The van der Waals surface area contributed by atoms with Crippen LogP contribution in [0.15, 0.2) is 29.8 Å². The van der Waals surface area contributed by atoms with Crippen molar-refractivity contribution in [3.63, 3.8) is 0 Å². The van der Waals surface area contributed by atoms with Crippen LogP contribution in [0.3, 0.4) is 0 Å². The molecule has 2 aliphatic rings. The second kappa shape index (κ2) is 7.51. The molecule has 0 unspecified atom stereocenters. The number of barbiturate groups is 1. The van der Waals surface area contributed by atoms with Gasteiger partial charge in [0.25, 0.3) is 11.8 Å². The normalized spacial score (nSPS) is 20.8. The SMILES string of the molecule is CCOc1ccccc1/C=C1\C(=O)NC(=O)N(C2CCCCC2)C1=O. The van der Waals surface area contributed by atoms with E-state index in [1.165, 1.54) is 11.0 Å². The number of nitrogens with one attached hydrogen (secondary N) is 1. The Balaban J connectivity index is 1.93. The van der Waals surface area contributed by atoms with Crippen molar-refractivity contribution in [1.29, 1.82) is 0 Å². The van der Waals surface area contributed by atoms with E-state index in [1.807, 2.05) is 19.1 Å². The van der Waals surface area contributed by atoms with E-state index in [9.17, 15) is 14.4 Å². The first-order valence-electron chi connectivity index (χ1n) is 8.74. The highest BCUT2D eigenvalue weighted by molar-refractivity contribution is 6.31. The maximum Gasteiger partial charge on any atom is 0.331 e. The van der Waals surface area contributed by atoms with Crippen LogP contribution in [-0.4, -0.2) is 35.4 Å². The number of benzene rings is 1. The van der Waals surface area contributed by atoms with Gasteiger partial charge in [-0.2, -0.15) is 0 Å². The molecule has 25 heavy (non-hydrogen) atoms. The van der Waals surface area contributed by atoms with Crippen LogP contribution in [0.2, 0.25) is 0 Å². The molecule has 0 spiro atoms. The summed E-state index contributed by atoms with van der Waals surface area (Å²) >= 11 is 0. The Hall–Kier alpha value is -2.63. The van der Waals surface area contributed by atoms with Crippen LogP contribution in [0.25, 0.3) is 6.08 Å². The molecule has 0 radical (unpaired) electrons. The van der Waals surface area contributed by atoms with E-state index in [4.69, 9.17) is 4.74 Å². The van der Waals surface area contributed by atoms with Crippen LogP contribution in [0, 0.1) is 0 Å². The molecule has 1 saturated heterocycles. The van der Waals surface area contributed by atoms with Crippen LogP contribution in [0.1, 0.15) is 44.6 Å². The highest BCUT2D eigenvalue weighted by atomic mass is 16.5. The third-order valence-electron chi connectivity index (χ3n) is 4.59. The standard InChI is InChI=1S/C19H22N2O4/c1-2-25-16-11-7-6-8-13(16)12-15-17(22)20-19(24)21(18(15)23)14-9-4-3-5-10-14/h6-8,11-12,14H,2-5,9-10H2,1H3,(H,20,22,24)/b15-12+. The molecule has 1 aromatic rings. The van der Waals surface area contributed by atoms with E-state index >= 15 is 0 Å². The highest BCUT2D eigenvalue weighted by Gasteiger charge is 2.40. The van der Waals surface area contributed by atoms with Crippen molar-refractivity contribution < 1.29 is 19.1 Å². The van der Waals surface area contributed by atoms with Gasteiger partial charge in [-0.3, -0.25) is 19.8 Å². The van der Waals surface area contributed by atoms with Gasteiger partial charge in [0.2, 0.25) is 0 Å². The van der Waals surface area contributed by atoms with Gasteiger partial charge in [-0.05, 0) is 31.9 Å². The number of urea groups is 1. The zero-order valence-corrected chi connectivity index (χ0v) is 14.3. The van der Waals surface area contributed by atoms with Gasteiger partial charge >= 0.3 is 6.03 Å². The van der Waals surface area contributed by atoms with Crippen molar-refractivity contribution >= 4 is 23.9 Å². The second-order valence-corrected chi connectivity index (χ2v) is 6.26. The van der Waals surface area contributed by atoms with Crippen molar-refractivity contribution in [3.8, 4) is 5.75 Å². The van der Waals surface area contributed by atoms with E-state index in [1.54, 1.807) is 12.1 Å². The molecule has 6 heteroatoms. The summed E-state index contributed by atoms with van der Waals surface area (Å²) in [5.41, 5.74) is 0.609. The molecule has 1 aromatic carbocycles. The molecule has 4 amide bonds. The maximum absolute atomic E-state index is 12.9. The fourth-order valence-electron chi connectivity index (χ4n) is 3.38. The number of nitrogens with zero attached hydrogens (tertiary/aromatic N) is 1. The van der Waals surface area contributed by atoms with Crippen LogP contribution < -0.4 is 10.1 Å². The smallest absolute Gasteiger partial charge is 0.331 e. The molecule has 6 nitrogen and oxygen atoms in total. The van der Waals surface area contributed by atoms with Gasteiger partial charge < -0.3 is 4.74 Å². The largest absolute Gasteiger partial charge is 0.493 e. The predicted octanol–water partition coefficient (Wildman–Crippen LogP) is 2.88. The zero-order valence-electron chi connectivity index (χ0n) is 14.3. The maximum atomic E-state index is 12.9. The Kier molecular flexibility index (Phi) is 5.16. The molecule has 1 aliphatic heterocycles. The third-order valence-corrected chi connectivity index (χ3v) is 4.59. The molecule has 1 aliphatic carbocycles. The van der Waals surface area contributed by atoms with Gasteiger partial charge in [-0.15, -0.1) is 0 Å². The topological polar surface area (TPSA) is 75.7 Å². The molecule has 2 fully saturated rings. The Morgan fingerprint density at radius 3 is 2.60 bits per heavy atom. The predicted molar refractivity (Wildman–Crippen MR) is 92.8 cm³/mol. The fraction of sp³-hybridized carbons (Fsp3) is 0.421. The van der Waals surface area contributed by atoms with Crippen molar-refractivity contribution in [2.45, 2.75) is 45.1 Å². The zero-order chi connectivity index (χ0) is 17.8. The number of ether oxygens (including phenoxy) is 1. The lowest BCUT2D eigenvalue weighted by Gasteiger charge is -2.35. The van der Waals surface area contributed by atoms with Crippen molar-refractivity contribution in [2.75, 3.05) is 6.61 Å². The van der Waals surface area contributed by atoms with Gasteiger partial charge in [0.1, 0.15) is 11.3 Å². The minimum atomic E-state index is -0.659. The number of carbonyl (C=O) groups is 3. The van der Waals surface area contributed by atoms with Crippen molar-refractivity contribution in [2.24, 2.45) is 0 Å². The first-order valence-corrected chi connectivity index (χ1v) is 8.74. The number of carbonyl (C=O) groups excluding carboxylic acids is 3. The lowest BCUT2D eigenvalue weighted by Crippen LogP contribution is -2.58. The number of imide groups is 2. The van der Waals surface area contributed by atoms with E-state index in [-0.39, 0.29) is 11.6 Å². The Bertz CT molecular complexity index is 720. The van der Waals surface area contributed by atoms with Crippen LogP contribution in [0.4, 0.5) is 4.79 Å². The second-order valence-electron chi connectivity index (χ2n) is 6.26. The Morgan fingerprint density at radius 2 is 1.88 bits per heavy atom. The first-order chi connectivity index (χ1) is 12.1. The van der Waals surface area contributed by atoms with Gasteiger partial charge in [0.05, 0.1) is 6.61 Å². The summed E-state index contributed by atoms with van der Waals surface area (Å²) in [7, 11) is 0. The summed E-state index contributed by atoms with van der Waals surface area (Å²) < 4.78 is 5.55. The summed E-state index contributed by atoms with van der Waals surface area (Å²) in [4.78, 5) is 38.5. The summed E-state index contributed by atoms with van der Waals surface area (Å²) in [5, 5.41) is 2.30. The van der Waals surface area contributed by atoms with Crippen LogP contribution in [0.5, 0.6) is 5.75 Å². The summed E-state index contributed by atoms with van der Waals surface area (Å²) in [6.45, 7) is 2.35. The van der Waals surface area contributed by atoms with E-state index in [0.717, 1.165) is 32.1 Å². The Labute approximate surface area is 146 Å².